The Kier molecular flexibility index (Phi) is 3.09. The van der Waals surface area contributed by atoms with Crippen molar-refractivity contribution in [2.24, 2.45) is 5.14 Å². The molecule has 0 bridgehead atoms. The van der Waals surface area contributed by atoms with Gasteiger partial charge in [0.2, 0.25) is 0 Å². The Morgan fingerprint density at radius 3 is 2.43 bits per heavy atom. The highest BCUT2D eigenvalue weighted by Crippen LogP contribution is 2.05. The molecule has 0 spiro atoms. The maximum Gasteiger partial charge on any atom is 0.275 e. The summed E-state index contributed by atoms with van der Waals surface area (Å²) in [5.74, 6) is -0.433. The lowest BCUT2D eigenvalue weighted by Crippen LogP contribution is -2.33. The summed E-state index contributed by atoms with van der Waals surface area (Å²) >= 11 is 0. The molecule has 3 N–H and O–H groups in total. The van der Waals surface area contributed by atoms with Crippen LogP contribution < -0.4 is 9.86 Å². The number of nitrogens with two attached hydrogens (primary N) is 1. The Morgan fingerprint density at radius 1 is 1.50 bits per heavy atom. The Morgan fingerprint density at radius 2 is 2.00 bits per heavy atom. The average Bonchev–Trinajstić information content (AvgIpc) is 2.02. The second-order valence-corrected chi connectivity index (χ2v) is 3.97. The van der Waals surface area contributed by atoms with Gasteiger partial charge in [-0.3, -0.25) is 0 Å². The van der Waals surface area contributed by atoms with Crippen molar-refractivity contribution in [2.45, 2.75) is 13.0 Å². The summed E-state index contributed by atoms with van der Waals surface area (Å²) in [6.45, 7) is 1.50. The van der Waals surface area contributed by atoms with Crippen molar-refractivity contribution in [1.29, 1.82) is 0 Å². The highest BCUT2D eigenvalue weighted by molar-refractivity contribution is 7.87. The molecule has 8 heteroatoms. The molecule has 0 fully saturated rings. The molecule has 0 aliphatic heterocycles. The minimum absolute atomic E-state index is 0.153. The van der Waals surface area contributed by atoms with Crippen LogP contribution in [0.2, 0.25) is 0 Å². The molecule has 0 unspecified atom stereocenters. The number of hydrogen-bond acceptors (Lipinski definition) is 4. The summed E-state index contributed by atoms with van der Waals surface area (Å²) in [5, 5.41) is 4.74. The summed E-state index contributed by atoms with van der Waals surface area (Å²) in [4.78, 5) is 7.19. The fourth-order valence-electron chi connectivity index (χ4n) is 0.845. The van der Waals surface area contributed by atoms with Crippen molar-refractivity contribution < 1.29 is 12.8 Å². The van der Waals surface area contributed by atoms with Crippen LogP contribution in [0.15, 0.2) is 12.4 Å². The van der Waals surface area contributed by atoms with E-state index in [0.29, 0.717) is 0 Å². The molecular weight excluding hydrogens is 211 g/mol. The zero-order chi connectivity index (χ0) is 10.8. The van der Waals surface area contributed by atoms with Gasteiger partial charge in [-0.2, -0.15) is 13.1 Å². The SMILES string of the molecule is C[C@H](NS(N)(=O)=O)c1ncc(F)cn1. The van der Waals surface area contributed by atoms with Crippen LogP contribution in [0.5, 0.6) is 0 Å². The van der Waals surface area contributed by atoms with Crippen molar-refractivity contribution in [3.05, 3.63) is 24.0 Å². The van der Waals surface area contributed by atoms with Gasteiger partial charge in [0.25, 0.3) is 10.2 Å². The molecule has 1 rings (SSSR count). The highest BCUT2D eigenvalue weighted by atomic mass is 32.2. The molecule has 1 aromatic rings. The maximum absolute atomic E-state index is 12.4. The molecule has 0 amide bonds. The van der Waals surface area contributed by atoms with E-state index in [0.717, 1.165) is 12.4 Å². The van der Waals surface area contributed by atoms with Crippen LogP contribution in [0.3, 0.4) is 0 Å². The molecule has 0 aromatic carbocycles. The molecule has 1 heterocycles. The lowest BCUT2D eigenvalue weighted by atomic mass is 10.3. The quantitative estimate of drug-likeness (QED) is 0.715. The molecule has 6 nitrogen and oxygen atoms in total. The minimum Gasteiger partial charge on any atom is -0.237 e. The lowest BCUT2D eigenvalue weighted by molar-refractivity contribution is 0.556. The third kappa shape index (κ3) is 3.32. The molecular formula is C6H9FN4O2S. The first-order chi connectivity index (χ1) is 6.38. The summed E-state index contributed by atoms with van der Waals surface area (Å²) < 4.78 is 35.7. The standard InChI is InChI=1S/C6H9FN4O2S/c1-4(11-14(8,12)13)6-9-2-5(7)3-10-6/h2-4,11H,1H3,(H2,8,12,13)/t4-/m0/s1. The van der Waals surface area contributed by atoms with Crippen LogP contribution in [0, 0.1) is 5.82 Å². The third-order valence-corrected chi connectivity index (χ3v) is 2.05. The van der Waals surface area contributed by atoms with Crippen LogP contribution in [0.4, 0.5) is 4.39 Å². The number of rotatable bonds is 3. The van der Waals surface area contributed by atoms with E-state index < -0.39 is 22.1 Å². The number of hydrogen-bond donors (Lipinski definition) is 2. The monoisotopic (exact) mass is 220 g/mol. The van der Waals surface area contributed by atoms with E-state index in [1.165, 1.54) is 6.92 Å². The highest BCUT2D eigenvalue weighted by Gasteiger charge is 2.13. The normalized spacial score (nSPS) is 13.9. The molecule has 0 saturated heterocycles. The lowest BCUT2D eigenvalue weighted by Gasteiger charge is -2.09. The molecule has 0 radical (unpaired) electrons. The van der Waals surface area contributed by atoms with Crippen LogP contribution in [0.25, 0.3) is 0 Å². The zero-order valence-corrected chi connectivity index (χ0v) is 8.12. The molecule has 1 atom stereocenters. The Hall–Kier alpha value is -1.12. The first kappa shape index (κ1) is 11.0. The van der Waals surface area contributed by atoms with E-state index in [9.17, 15) is 12.8 Å². The first-order valence-corrected chi connectivity index (χ1v) is 5.20. The van der Waals surface area contributed by atoms with E-state index in [1.807, 2.05) is 0 Å². The number of nitrogens with zero attached hydrogens (tertiary/aromatic N) is 2. The second kappa shape index (κ2) is 3.95. The predicted octanol–water partition coefficient (Wildman–Crippen LogP) is -0.530. The predicted molar refractivity (Wildman–Crippen MR) is 46.6 cm³/mol. The van der Waals surface area contributed by atoms with Crippen molar-refractivity contribution in [2.75, 3.05) is 0 Å². The Bertz CT molecular complexity index is 404. The van der Waals surface area contributed by atoms with Gasteiger partial charge in [0.05, 0.1) is 18.4 Å². The second-order valence-electron chi connectivity index (χ2n) is 2.64. The fourth-order valence-corrected chi connectivity index (χ4v) is 1.44. The van der Waals surface area contributed by atoms with Gasteiger partial charge in [-0.25, -0.2) is 19.5 Å². The van der Waals surface area contributed by atoms with Crippen molar-refractivity contribution in [3.8, 4) is 0 Å². The topological polar surface area (TPSA) is 98.0 Å². The van der Waals surface area contributed by atoms with Gasteiger partial charge in [0.15, 0.2) is 5.82 Å². The molecule has 0 aliphatic rings. The van der Waals surface area contributed by atoms with Gasteiger partial charge >= 0.3 is 0 Å². The molecule has 78 valence electrons. The van der Waals surface area contributed by atoms with Gasteiger partial charge < -0.3 is 0 Å². The summed E-state index contributed by atoms with van der Waals surface area (Å²) in [6, 6.07) is -0.689. The van der Waals surface area contributed by atoms with Crippen LogP contribution in [-0.2, 0) is 10.2 Å². The maximum atomic E-state index is 12.4. The molecule has 0 aliphatic carbocycles. The van der Waals surface area contributed by atoms with E-state index in [2.05, 4.69) is 14.7 Å². The van der Waals surface area contributed by atoms with Gasteiger partial charge in [-0.15, -0.1) is 0 Å². The Balaban J connectivity index is 2.80. The van der Waals surface area contributed by atoms with E-state index in [1.54, 1.807) is 0 Å². The van der Waals surface area contributed by atoms with Crippen LogP contribution in [-0.4, -0.2) is 18.4 Å². The van der Waals surface area contributed by atoms with Gasteiger partial charge in [-0.1, -0.05) is 0 Å². The zero-order valence-electron chi connectivity index (χ0n) is 7.31. The molecule has 0 saturated carbocycles. The van der Waals surface area contributed by atoms with Crippen molar-refractivity contribution in [1.82, 2.24) is 14.7 Å². The summed E-state index contributed by atoms with van der Waals surface area (Å²) in [7, 11) is -3.81. The fraction of sp³-hybridized carbons (Fsp3) is 0.333. The van der Waals surface area contributed by atoms with Crippen LogP contribution in [0.1, 0.15) is 18.8 Å². The summed E-state index contributed by atoms with van der Waals surface area (Å²) in [6.07, 6.45) is 1.90. The van der Waals surface area contributed by atoms with Gasteiger partial charge in [0.1, 0.15) is 5.82 Å². The van der Waals surface area contributed by atoms with Gasteiger partial charge in [0, 0.05) is 0 Å². The van der Waals surface area contributed by atoms with Crippen molar-refractivity contribution >= 4 is 10.2 Å². The molecule has 1 aromatic heterocycles. The third-order valence-electron chi connectivity index (χ3n) is 1.37. The molecule has 14 heavy (non-hydrogen) atoms. The van der Waals surface area contributed by atoms with E-state index >= 15 is 0 Å². The minimum atomic E-state index is -3.81. The van der Waals surface area contributed by atoms with Gasteiger partial charge in [-0.05, 0) is 6.92 Å². The van der Waals surface area contributed by atoms with E-state index in [-0.39, 0.29) is 5.82 Å². The largest absolute Gasteiger partial charge is 0.275 e. The number of halogens is 1. The first-order valence-electron chi connectivity index (χ1n) is 3.66. The smallest absolute Gasteiger partial charge is 0.237 e. The number of aromatic nitrogens is 2. The number of nitrogens with one attached hydrogen (secondary N) is 1. The van der Waals surface area contributed by atoms with E-state index in [4.69, 9.17) is 5.14 Å². The van der Waals surface area contributed by atoms with Crippen molar-refractivity contribution in [3.63, 3.8) is 0 Å². The average molecular weight is 220 g/mol. The Labute approximate surface area is 80.6 Å². The summed E-state index contributed by atoms with van der Waals surface area (Å²) in [5.41, 5.74) is 0. The van der Waals surface area contributed by atoms with Crippen LogP contribution >= 0.6 is 0 Å².